The molecule has 0 saturated carbocycles. The van der Waals surface area contributed by atoms with Gasteiger partial charge in [-0.25, -0.2) is 0 Å². The number of alkyl halides is 1. The summed E-state index contributed by atoms with van der Waals surface area (Å²) in [6, 6.07) is 5.04. The number of allylic oxidation sites excluding steroid dienone is 1. The molecule has 1 amide bonds. The van der Waals surface area contributed by atoms with Crippen LogP contribution in [0.25, 0.3) is 0 Å². The van der Waals surface area contributed by atoms with Gasteiger partial charge in [0.05, 0.1) is 5.56 Å². The van der Waals surface area contributed by atoms with E-state index in [4.69, 9.17) is 23.2 Å². The molecule has 16 heavy (non-hydrogen) atoms. The zero-order valence-electron chi connectivity index (χ0n) is 8.34. The maximum atomic E-state index is 11.7. The lowest BCUT2D eigenvalue weighted by Gasteiger charge is -2.04. The van der Waals surface area contributed by atoms with Crippen molar-refractivity contribution in [3.05, 3.63) is 45.4 Å². The highest BCUT2D eigenvalue weighted by Crippen LogP contribution is 2.21. The lowest BCUT2D eigenvalue weighted by molar-refractivity contribution is 0.0957. The molecule has 0 aromatic heterocycles. The quantitative estimate of drug-likeness (QED) is 0.665. The van der Waals surface area contributed by atoms with Gasteiger partial charge >= 0.3 is 0 Å². The Labute approximate surface area is 113 Å². The van der Waals surface area contributed by atoms with Crippen LogP contribution in [-0.4, -0.2) is 18.3 Å². The average Bonchev–Trinajstić information content (AvgIpc) is 2.24. The van der Waals surface area contributed by atoms with Crippen LogP contribution in [0.2, 0.25) is 5.02 Å². The van der Waals surface area contributed by atoms with Gasteiger partial charge in [-0.2, -0.15) is 0 Å². The van der Waals surface area contributed by atoms with Gasteiger partial charge in [0.15, 0.2) is 0 Å². The first-order valence-electron chi connectivity index (χ1n) is 4.59. The van der Waals surface area contributed by atoms with Gasteiger partial charge in [0.1, 0.15) is 0 Å². The van der Waals surface area contributed by atoms with Crippen LogP contribution in [0.4, 0.5) is 0 Å². The van der Waals surface area contributed by atoms with Gasteiger partial charge in [-0.05, 0) is 34.1 Å². The van der Waals surface area contributed by atoms with Gasteiger partial charge in [0.25, 0.3) is 5.91 Å². The first-order chi connectivity index (χ1) is 7.65. The van der Waals surface area contributed by atoms with Crippen LogP contribution in [0, 0.1) is 0 Å². The predicted octanol–water partition coefficient (Wildman–Crippen LogP) is 3.63. The minimum Gasteiger partial charge on any atom is -0.349 e. The summed E-state index contributed by atoms with van der Waals surface area (Å²) in [6.07, 6.45) is 3.58. The highest BCUT2D eigenvalue weighted by Gasteiger charge is 2.08. The number of hydrogen-bond donors (Lipinski definition) is 1. The lowest BCUT2D eigenvalue weighted by Crippen LogP contribution is -2.23. The third-order valence-corrected chi connectivity index (χ3v) is 2.88. The molecule has 0 aliphatic heterocycles. The number of carbonyl (C=O) groups is 1. The molecule has 0 radical (unpaired) electrons. The van der Waals surface area contributed by atoms with Crippen molar-refractivity contribution in [3.8, 4) is 0 Å². The van der Waals surface area contributed by atoms with Crippen molar-refractivity contribution < 1.29 is 4.79 Å². The molecular formula is C11H10BrCl2NO. The van der Waals surface area contributed by atoms with Gasteiger partial charge in [-0.15, -0.1) is 11.6 Å². The molecule has 5 heteroatoms. The van der Waals surface area contributed by atoms with E-state index in [0.717, 1.165) is 0 Å². The highest BCUT2D eigenvalue weighted by molar-refractivity contribution is 9.10. The van der Waals surface area contributed by atoms with E-state index in [-0.39, 0.29) is 5.91 Å². The fourth-order valence-corrected chi connectivity index (χ4v) is 2.06. The zero-order chi connectivity index (χ0) is 12.0. The highest BCUT2D eigenvalue weighted by atomic mass is 79.9. The summed E-state index contributed by atoms with van der Waals surface area (Å²) in [5, 5.41) is 3.32. The summed E-state index contributed by atoms with van der Waals surface area (Å²) >= 11 is 14.5. The van der Waals surface area contributed by atoms with E-state index in [1.54, 1.807) is 30.4 Å². The molecule has 0 bridgehead atoms. The first kappa shape index (κ1) is 13.6. The van der Waals surface area contributed by atoms with Crippen molar-refractivity contribution in [1.29, 1.82) is 0 Å². The predicted molar refractivity (Wildman–Crippen MR) is 71.3 cm³/mol. The van der Waals surface area contributed by atoms with Crippen molar-refractivity contribution in [2.24, 2.45) is 0 Å². The fraction of sp³-hybridized carbons (Fsp3) is 0.182. The third-order valence-electron chi connectivity index (χ3n) is 1.81. The van der Waals surface area contributed by atoms with E-state index in [2.05, 4.69) is 21.2 Å². The maximum Gasteiger partial charge on any atom is 0.252 e. The smallest absolute Gasteiger partial charge is 0.252 e. The number of hydrogen-bond acceptors (Lipinski definition) is 1. The molecule has 86 valence electrons. The molecule has 0 aliphatic carbocycles. The Morgan fingerprint density at radius 2 is 2.19 bits per heavy atom. The second-order valence-corrected chi connectivity index (χ2v) is 4.56. The van der Waals surface area contributed by atoms with Crippen molar-refractivity contribution >= 4 is 45.0 Å². The van der Waals surface area contributed by atoms with Gasteiger partial charge in [-0.3, -0.25) is 4.79 Å². The standard InChI is InChI=1S/C11H10BrCl2NO/c12-10-7-8(14)3-4-9(10)11(16)15-6-2-1-5-13/h1-4,7H,5-6H2,(H,15,16)/b2-1+. The normalized spacial score (nSPS) is 10.7. The van der Waals surface area contributed by atoms with Crippen LogP contribution >= 0.6 is 39.1 Å². The minimum atomic E-state index is -0.150. The number of carbonyl (C=O) groups excluding carboxylic acids is 1. The van der Waals surface area contributed by atoms with E-state index in [1.807, 2.05) is 0 Å². The largest absolute Gasteiger partial charge is 0.349 e. The zero-order valence-corrected chi connectivity index (χ0v) is 11.4. The average molecular weight is 323 g/mol. The third kappa shape index (κ3) is 4.16. The summed E-state index contributed by atoms with van der Waals surface area (Å²) in [6.45, 7) is 0.459. The van der Waals surface area contributed by atoms with E-state index in [1.165, 1.54) is 0 Å². The van der Waals surface area contributed by atoms with Crippen molar-refractivity contribution in [3.63, 3.8) is 0 Å². The molecule has 0 spiro atoms. The van der Waals surface area contributed by atoms with Crippen molar-refractivity contribution in [1.82, 2.24) is 5.32 Å². The van der Waals surface area contributed by atoms with Crippen LogP contribution < -0.4 is 5.32 Å². The van der Waals surface area contributed by atoms with E-state index >= 15 is 0 Å². The van der Waals surface area contributed by atoms with Crippen LogP contribution in [0.1, 0.15) is 10.4 Å². The Bertz CT molecular complexity index is 407. The van der Waals surface area contributed by atoms with Gasteiger partial charge in [-0.1, -0.05) is 23.8 Å². The molecular weight excluding hydrogens is 313 g/mol. The molecule has 1 rings (SSSR count). The summed E-state index contributed by atoms with van der Waals surface area (Å²) in [4.78, 5) is 11.7. The molecule has 0 unspecified atom stereocenters. The number of amides is 1. The first-order valence-corrected chi connectivity index (χ1v) is 6.30. The van der Waals surface area contributed by atoms with E-state index < -0.39 is 0 Å². The van der Waals surface area contributed by atoms with Gasteiger partial charge in [0.2, 0.25) is 0 Å². The van der Waals surface area contributed by atoms with E-state index in [0.29, 0.717) is 27.5 Å². The molecule has 0 saturated heterocycles. The molecule has 0 fully saturated rings. The van der Waals surface area contributed by atoms with Crippen LogP contribution in [0.15, 0.2) is 34.8 Å². The van der Waals surface area contributed by atoms with Gasteiger partial charge < -0.3 is 5.32 Å². The van der Waals surface area contributed by atoms with Crippen LogP contribution in [-0.2, 0) is 0 Å². The Morgan fingerprint density at radius 1 is 1.44 bits per heavy atom. The minimum absolute atomic E-state index is 0.150. The topological polar surface area (TPSA) is 29.1 Å². The Kier molecular flexibility index (Phi) is 5.88. The van der Waals surface area contributed by atoms with Gasteiger partial charge in [0, 0.05) is 21.9 Å². The summed E-state index contributed by atoms with van der Waals surface area (Å²) in [5.41, 5.74) is 0.559. The SMILES string of the molecule is O=C(NC/C=C/CCl)c1ccc(Cl)cc1Br. The van der Waals surface area contributed by atoms with Crippen molar-refractivity contribution in [2.75, 3.05) is 12.4 Å². The second-order valence-electron chi connectivity index (χ2n) is 2.96. The number of halogens is 3. The maximum absolute atomic E-state index is 11.7. The van der Waals surface area contributed by atoms with Crippen molar-refractivity contribution in [2.45, 2.75) is 0 Å². The summed E-state index contributed by atoms with van der Waals surface area (Å²) in [7, 11) is 0. The fourth-order valence-electron chi connectivity index (χ4n) is 1.07. The van der Waals surface area contributed by atoms with Crippen LogP contribution in [0.5, 0.6) is 0 Å². The molecule has 1 N–H and O–H groups in total. The van der Waals surface area contributed by atoms with E-state index in [9.17, 15) is 4.79 Å². The van der Waals surface area contributed by atoms with Crippen LogP contribution in [0.3, 0.4) is 0 Å². The second kappa shape index (κ2) is 6.94. The molecule has 0 atom stereocenters. The Balaban J connectivity index is 2.63. The number of benzene rings is 1. The summed E-state index contributed by atoms with van der Waals surface area (Å²) < 4.78 is 0.679. The molecule has 1 aromatic carbocycles. The Morgan fingerprint density at radius 3 is 2.81 bits per heavy atom. The lowest BCUT2D eigenvalue weighted by atomic mass is 10.2. The molecule has 0 heterocycles. The molecule has 1 aromatic rings. The monoisotopic (exact) mass is 321 g/mol. The number of nitrogens with one attached hydrogen (secondary N) is 1. The molecule has 2 nitrogen and oxygen atoms in total. The summed E-state index contributed by atoms with van der Waals surface area (Å²) in [5.74, 6) is 0.295. The number of rotatable bonds is 4. The molecule has 0 aliphatic rings. The Hall–Kier alpha value is -0.510.